The van der Waals surface area contributed by atoms with Crippen LogP contribution in [0.5, 0.6) is 0 Å². The van der Waals surface area contributed by atoms with Crippen LogP contribution in [0.2, 0.25) is 0 Å². The van der Waals surface area contributed by atoms with Crippen molar-refractivity contribution in [3.05, 3.63) is 88.8 Å². The molecule has 8 nitrogen and oxygen atoms in total. The lowest BCUT2D eigenvalue weighted by molar-refractivity contribution is -0.138. The summed E-state index contributed by atoms with van der Waals surface area (Å²) in [6, 6.07) is 10.5. The smallest absolute Gasteiger partial charge is 0.336 e. The van der Waals surface area contributed by atoms with Gasteiger partial charge < -0.3 is 4.90 Å². The first-order valence-electron chi connectivity index (χ1n) is 12.8. The third-order valence-electron chi connectivity index (χ3n) is 6.80. The molecule has 1 amide bonds. The van der Waals surface area contributed by atoms with E-state index >= 15 is 0 Å². The van der Waals surface area contributed by atoms with Crippen LogP contribution in [0.4, 0.5) is 24.5 Å². The molecular formula is C29H30F3N5O3S. The minimum Gasteiger partial charge on any atom is -0.336 e. The zero-order valence-electron chi connectivity index (χ0n) is 22.6. The number of allylic oxidation sites excluding steroid dienone is 1. The highest BCUT2D eigenvalue weighted by Gasteiger charge is 2.34. The van der Waals surface area contributed by atoms with E-state index in [4.69, 9.17) is 0 Å². The molecule has 0 spiro atoms. The molecule has 1 N–H and O–H groups in total. The molecule has 12 heteroatoms. The van der Waals surface area contributed by atoms with Gasteiger partial charge in [0.25, 0.3) is 15.9 Å². The molecule has 0 bridgehead atoms. The zero-order valence-corrected chi connectivity index (χ0v) is 23.5. The lowest BCUT2D eigenvalue weighted by Gasteiger charge is -2.35. The van der Waals surface area contributed by atoms with Gasteiger partial charge in [-0.15, -0.1) is 0 Å². The molecule has 0 unspecified atom stereocenters. The molecule has 0 aliphatic carbocycles. The van der Waals surface area contributed by atoms with Crippen LogP contribution in [0.15, 0.2) is 70.8 Å². The number of nitrogens with zero attached hydrogens (tertiary/aromatic N) is 4. The topological polar surface area (TPSA) is 95.0 Å². The highest BCUT2D eigenvalue weighted by Crippen LogP contribution is 2.33. The minimum absolute atomic E-state index is 0.0193. The summed E-state index contributed by atoms with van der Waals surface area (Å²) in [5, 5.41) is 0. The predicted octanol–water partition coefficient (Wildman–Crippen LogP) is 5.53. The largest absolute Gasteiger partial charge is 0.416 e. The summed E-state index contributed by atoms with van der Waals surface area (Å²) in [5.41, 5.74) is 1.48. The van der Waals surface area contributed by atoms with Gasteiger partial charge in [-0.3, -0.25) is 24.4 Å². The summed E-state index contributed by atoms with van der Waals surface area (Å²) in [6.07, 6.45) is 1.41. The molecule has 0 atom stereocenters. The fourth-order valence-corrected chi connectivity index (χ4v) is 6.04. The number of carbonyl (C=O) groups is 1. The summed E-state index contributed by atoms with van der Waals surface area (Å²) < 4.78 is 69.0. The Balaban J connectivity index is 1.43. The number of hydrogen-bond acceptors (Lipinski definition) is 6. The number of aryl methyl sites for hydroxylation is 1. The molecule has 3 aromatic rings. The second kappa shape index (κ2) is 12.2. The number of benzene rings is 2. The highest BCUT2D eigenvalue weighted by molar-refractivity contribution is 7.92. The van der Waals surface area contributed by atoms with Gasteiger partial charge in [0.1, 0.15) is 4.90 Å². The van der Waals surface area contributed by atoms with E-state index in [1.165, 1.54) is 18.3 Å². The van der Waals surface area contributed by atoms with Crippen LogP contribution in [0.3, 0.4) is 0 Å². The molecule has 41 heavy (non-hydrogen) atoms. The molecule has 1 aromatic heterocycles. The van der Waals surface area contributed by atoms with Gasteiger partial charge in [0.05, 0.1) is 16.9 Å². The summed E-state index contributed by atoms with van der Waals surface area (Å²) in [5.74, 6) is -0.239. The van der Waals surface area contributed by atoms with E-state index < -0.39 is 21.8 Å². The standard InChI is InChI=1S/C29H30F3N5O3S/c1-4-6-21-7-5-8-26(27(21)33-3)41(39,40)35-25-10-9-22(17-20(25)2)28(38)37-15-13-36(14-16-37)19-23-18-34-12-11-24(23)29(30,31)32/h4-12,17-18,35H,3,13-16,19H2,1-2H3/b6-4-. The number of halogens is 3. The average molecular weight is 586 g/mol. The fourth-order valence-electron chi connectivity index (χ4n) is 4.71. The number of sulfonamides is 1. The molecule has 0 saturated carbocycles. The third-order valence-corrected chi connectivity index (χ3v) is 8.20. The molecule has 2 aromatic carbocycles. The Hall–Kier alpha value is -4.03. The van der Waals surface area contributed by atoms with E-state index in [0.717, 1.165) is 12.3 Å². The van der Waals surface area contributed by atoms with Crippen LogP contribution in [0.25, 0.3) is 6.08 Å². The van der Waals surface area contributed by atoms with Crippen LogP contribution in [-0.2, 0) is 22.7 Å². The normalized spacial score (nSPS) is 14.8. The molecular weight excluding hydrogens is 555 g/mol. The number of para-hydroxylation sites is 1. The Kier molecular flexibility index (Phi) is 8.93. The van der Waals surface area contributed by atoms with Crippen molar-refractivity contribution in [3.63, 3.8) is 0 Å². The Morgan fingerprint density at radius 2 is 1.88 bits per heavy atom. The number of pyridine rings is 1. The summed E-state index contributed by atoms with van der Waals surface area (Å²) >= 11 is 0. The van der Waals surface area contributed by atoms with Crippen molar-refractivity contribution in [3.8, 4) is 0 Å². The average Bonchev–Trinajstić information content (AvgIpc) is 2.94. The number of rotatable bonds is 8. The Morgan fingerprint density at radius 3 is 2.51 bits per heavy atom. The molecule has 216 valence electrons. The van der Waals surface area contributed by atoms with Crippen molar-refractivity contribution in [1.82, 2.24) is 14.8 Å². The number of aliphatic imine (C=N–C) groups is 1. The maximum atomic E-state index is 13.3. The van der Waals surface area contributed by atoms with Crippen molar-refractivity contribution < 1.29 is 26.4 Å². The Bertz CT molecular complexity index is 1580. The molecule has 1 aliphatic heterocycles. The van der Waals surface area contributed by atoms with Crippen LogP contribution >= 0.6 is 0 Å². The maximum Gasteiger partial charge on any atom is 0.416 e. The van der Waals surface area contributed by atoms with Gasteiger partial charge in [0.2, 0.25) is 0 Å². The number of hydrogen-bond donors (Lipinski definition) is 1. The highest BCUT2D eigenvalue weighted by atomic mass is 32.2. The van der Waals surface area contributed by atoms with E-state index in [9.17, 15) is 26.4 Å². The molecule has 2 heterocycles. The molecule has 4 rings (SSSR count). The summed E-state index contributed by atoms with van der Waals surface area (Å²) in [4.78, 5) is 24.4. The maximum absolute atomic E-state index is 13.3. The van der Waals surface area contributed by atoms with Crippen molar-refractivity contribution in [2.75, 3.05) is 30.9 Å². The molecule has 0 radical (unpaired) electrons. The van der Waals surface area contributed by atoms with Crippen molar-refractivity contribution in [1.29, 1.82) is 0 Å². The van der Waals surface area contributed by atoms with Gasteiger partial charge in [-0.1, -0.05) is 24.3 Å². The molecule has 1 aliphatic rings. The molecule has 1 fully saturated rings. The number of aromatic nitrogens is 1. The number of alkyl halides is 3. The van der Waals surface area contributed by atoms with Crippen molar-refractivity contribution in [2.24, 2.45) is 4.99 Å². The quantitative estimate of drug-likeness (QED) is 0.351. The number of anilines is 1. The number of carbonyl (C=O) groups excluding carboxylic acids is 1. The van der Waals surface area contributed by atoms with Crippen LogP contribution in [-0.4, -0.2) is 62.0 Å². The number of nitrogens with one attached hydrogen (secondary N) is 1. The summed E-state index contributed by atoms with van der Waals surface area (Å²) in [7, 11) is -4.01. The van der Waals surface area contributed by atoms with Crippen molar-refractivity contribution in [2.45, 2.75) is 31.5 Å². The van der Waals surface area contributed by atoms with Gasteiger partial charge >= 0.3 is 6.18 Å². The first kappa shape index (κ1) is 29.9. The molecule has 1 saturated heterocycles. The third kappa shape index (κ3) is 6.83. The van der Waals surface area contributed by atoms with E-state index in [2.05, 4.69) is 21.4 Å². The van der Waals surface area contributed by atoms with Gasteiger partial charge in [-0.05, 0) is 62.0 Å². The van der Waals surface area contributed by atoms with Crippen LogP contribution < -0.4 is 4.72 Å². The fraction of sp³-hybridized carbons (Fsp3) is 0.276. The first-order valence-corrected chi connectivity index (χ1v) is 14.3. The van der Waals surface area contributed by atoms with E-state index in [-0.39, 0.29) is 28.6 Å². The van der Waals surface area contributed by atoms with Gasteiger partial charge in [-0.2, -0.15) is 13.2 Å². The second-order valence-electron chi connectivity index (χ2n) is 9.59. The van der Waals surface area contributed by atoms with Crippen molar-refractivity contribution >= 4 is 40.1 Å². The van der Waals surface area contributed by atoms with E-state index in [1.807, 2.05) is 11.8 Å². The second-order valence-corrected chi connectivity index (χ2v) is 11.2. The zero-order chi connectivity index (χ0) is 29.8. The summed E-state index contributed by atoms with van der Waals surface area (Å²) in [6.45, 7) is 8.60. The monoisotopic (exact) mass is 585 g/mol. The van der Waals surface area contributed by atoms with Gasteiger partial charge in [0, 0.05) is 56.2 Å². The SMILES string of the molecule is C=Nc1c(/C=C\C)cccc1S(=O)(=O)Nc1ccc(C(=O)N2CCN(Cc3cnccc3C(F)(F)F)CC2)cc1C. The van der Waals surface area contributed by atoms with E-state index in [0.29, 0.717) is 48.6 Å². The lowest BCUT2D eigenvalue weighted by atomic mass is 10.1. The first-order chi connectivity index (χ1) is 19.4. The number of piperazine rings is 1. The lowest BCUT2D eigenvalue weighted by Crippen LogP contribution is -2.48. The van der Waals surface area contributed by atoms with Gasteiger partial charge in [-0.25, -0.2) is 8.42 Å². The number of amides is 1. The predicted molar refractivity (Wildman–Crippen MR) is 153 cm³/mol. The minimum atomic E-state index is -4.46. The van der Waals surface area contributed by atoms with Crippen LogP contribution in [0.1, 0.15) is 39.5 Å². The van der Waals surface area contributed by atoms with Gasteiger partial charge in [0.15, 0.2) is 0 Å². The Morgan fingerprint density at radius 1 is 1.15 bits per heavy atom. The Labute approximate surface area is 237 Å². The van der Waals surface area contributed by atoms with Crippen LogP contribution in [0, 0.1) is 6.92 Å². The van der Waals surface area contributed by atoms with E-state index in [1.54, 1.807) is 48.2 Å².